The van der Waals surface area contributed by atoms with E-state index in [0.717, 1.165) is 17.8 Å². The molecule has 0 fully saturated rings. The molecule has 1 atom stereocenters. The molecule has 6 rings (SSSR count). The van der Waals surface area contributed by atoms with Crippen LogP contribution in [0.5, 0.6) is 5.75 Å². The van der Waals surface area contributed by atoms with Gasteiger partial charge >= 0.3 is 6.18 Å². The SMILES string of the molecule is COc1ccccc1-c1ccc(/C=C(/NC(=O)c2ccccc2)C(=O)Nc2ccc(S[C@@H](C(=O)Nc3ccccc3C(F)(F)F)c3ccccc3)cc2)o1. The first-order valence-corrected chi connectivity index (χ1v) is 17.4. The summed E-state index contributed by atoms with van der Waals surface area (Å²) in [5.74, 6) is -0.404. The van der Waals surface area contributed by atoms with Gasteiger partial charge < -0.3 is 25.1 Å². The number of hydrogen-bond donors (Lipinski definition) is 3. The maximum atomic E-state index is 13.7. The van der Waals surface area contributed by atoms with E-state index in [1.807, 2.05) is 18.2 Å². The third-order valence-electron chi connectivity index (χ3n) is 8.01. The van der Waals surface area contributed by atoms with Gasteiger partial charge in [0.2, 0.25) is 5.91 Å². The summed E-state index contributed by atoms with van der Waals surface area (Å²) in [4.78, 5) is 41.0. The molecule has 5 aromatic carbocycles. The fourth-order valence-corrected chi connectivity index (χ4v) is 6.42. The highest BCUT2D eigenvalue weighted by molar-refractivity contribution is 8.00. The smallest absolute Gasteiger partial charge is 0.418 e. The maximum absolute atomic E-state index is 13.7. The second-order valence-corrected chi connectivity index (χ2v) is 12.9. The fourth-order valence-electron chi connectivity index (χ4n) is 5.40. The topological polar surface area (TPSA) is 110 Å². The predicted molar refractivity (Wildman–Crippen MR) is 203 cm³/mol. The number of para-hydroxylation sites is 2. The molecule has 54 heavy (non-hydrogen) atoms. The van der Waals surface area contributed by atoms with E-state index >= 15 is 0 Å². The van der Waals surface area contributed by atoms with Crippen LogP contribution in [-0.4, -0.2) is 24.8 Å². The number of carbonyl (C=O) groups is 3. The number of carbonyl (C=O) groups excluding carboxylic acids is 3. The maximum Gasteiger partial charge on any atom is 0.418 e. The number of hydrogen-bond acceptors (Lipinski definition) is 6. The Balaban J connectivity index is 1.22. The van der Waals surface area contributed by atoms with Gasteiger partial charge in [-0.15, -0.1) is 11.8 Å². The van der Waals surface area contributed by atoms with Crippen molar-refractivity contribution in [3.63, 3.8) is 0 Å². The Morgan fingerprint density at radius 3 is 2.09 bits per heavy atom. The summed E-state index contributed by atoms with van der Waals surface area (Å²) in [7, 11) is 1.55. The number of anilines is 2. The molecule has 0 saturated carbocycles. The Morgan fingerprint density at radius 2 is 1.39 bits per heavy atom. The van der Waals surface area contributed by atoms with Crippen molar-refractivity contribution in [2.24, 2.45) is 0 Å². The van der Waals surface area contributed by atoms with Gasteiger partial charge in [0.1, 0.15) is 28.2 Å². The Hall–Kier alpha value is -6.53. The lowest BCUT2D eigenvalue weighted by molar-refractivity contribution is -0.137. The van der Waals surface area contributed by atoms with Crippen LogP contribution in [0.1, 0.15) is 32.5 Å². The normalized spacial score (nSPS) is 12.0. The summed E-state index contributed by atoms with van der Waals surface area (Å²) in [5.41, 5.74) is 0.607. The average Bonchev–Trinajstić information content (AvgIpc) is 3.66. The van der Waals surface area contributed by atoms with Crippen LogP contribution in [0.2, 0.25) is 0 Å². The van der Waals surface area contributed by atoms with Gasteiger partial charge in [0.05, 0.1) is 23.9 Å². The van der Waals surface area contributed by atoms with E-state index in [-0.39, 0.29) is 11.4 Å². The number of amides is 3. The Kier molecular flexibility index (Phi) is 11.6. The van der Waals surface area contributed by atoms with Gasteiger partial charge in [0.15, 0.2) is 0 Å². The van der Waals surface area contributed by atoms with Crippen molar-refractivity contribution in [1.82, 2.24) is 5.32 Å². The van der Waals surface area contributed by atoms with Gasteiger partial charge in [-0.1, -0.05) is 72.8 Å². The van der Waals surface area contributed by atoms with Crippen LogP contribution in [0, 0.1) is 0 Å². The summed E-state index contributed by atoms with van der Waals surface area (Å²) in [6.07, 6.45) is -3.24. The zero-order valence-electron chi connectivity index (χ0n) is 28.6. The second kappa shape index (κ2) is 16.9. The van der Waals surface area contributed by atoms with Crippen LogP contribution in [-0.2, 0) is 15.8 Å². The molecule has 0 saturated heterocycles. The first-order valence-electron chi connectivity index (χ1n) is 16.5. The summed E-state index contributed by atoms with van der Waals surface area (Å²) in [6.45, 7) is 0. The Morgan fingerprint density at radius 1 is 0.741 bits per heavy atom. The van der Waals surface area contributed by atoms with Crippen molar-refractivity contribution in [1.29, 1.82) is 0 Å². The van der Waals surface area contributed by atoms with Crippen molar-refractivity contribution in [2.75, 3.05) is 17.7 Å². The van der Waals surface area contributed by atoms with Gasteiger partial charge in [0, 0.05) is 22.2 Å². The quantitative estimate of drug-likeness (QED) is 0.0850. The lowest BCUT2D eigenvalue weighted by atomic mass is 10.1. The standard InChI is InChI=1S/C42H32F3N3O5S/c1-52-36-19-11-8-16-32(36)37-25-22-30(53-37)26-35(48-39(49)28-14-6-3-7-15-28)40(50)46-29-20-23-31(24-21-29)54-38(27-12-4-2-5-13-27)41(51)47-34-18-10-9-17-33(34)42(43,44)45/h2-26,38H,1H3,(H,46,50)(H,47,51)(H,48,49)/b35-26+/t38-/m1/s1. The molecule has 0 aliphatic heterocycles. The summed E-state index contributed by atoms with van der Waals surface area (Å²) < 4.78 is 52.5. The molecular formula is C42H32F3N3O5S. The van der Waals surface area contributed by atoms with Crippen LogP contribution in [0.15, 0.2) is 161 Å². The number of ether oxygens (including phenoxy) is 1. The summed E-state index contributed by atoms with van der Waals surface area (Å²) >= 11 is 1.13. The highest BCUT2D eigenvalue weighted by Gasteiger charge is 2.34. The third kappa shape index (κ3) is 9.27. The number of nitrogens with one attached hydrogen (secondary N) is 3. The molecule has 1 aromatic heterocycles. The molecule has 0 spiro atoms. The minimum Gasteiger partial charge on any atom is -0.496 e. The lowest BCUT2D eigenvalue weighted by Gasteiger charge is -2.19. The lowest BCUT2D eigenvalue weighted by Crippen LogP contribution is -2.30. The third-order valence-corrected chi connectivity index (χ3v) is 9.28. The number of furan rings is 1. The highest BCUT2D eigenvalue weighted by Crippen LogP contribution is 2.39. The highest BCUT2D eigenvalue weighted by atomic mass is 32.2. The van der Waals surface area contributed by atoms with Crippen LogP contribution in [0.25, 0.3) is 17.4 Å². The molecule has 1 heterocycles. The van der Waals surface area contributed by atoms with Crippen LogP contribution in [0.3, 0.4) is 0 Å². The number of rotatable bonds is 12. The molecule has 0 aliphatic rings. The minimum absolute atomic E-state index is 0.0943. The predicted octanol–water partition coefficient (Wildman–Crippen LogP) is 9.86. The monoisotopic (exact) mass is 747 g/mol. The van der Waals surface area contributed by atoms with E-state index in [0.29, 0.717) is 44.5 Å². The van der Waals surface area contributed by atoms with Crippen LogP contribution >= 0.6 is 11.8 Å². The number of alkyl halides is 3. The van der Waals surface area contributed by atoms with Crippen molar-refractivity contribution >= 4 is 46.9 Å². The zero-order chi connectivity index (χ0) is 38.1. The van der Waals surface area contributed by atoms with Gasteiger partial charge in [0.25, 0.3) is 11.8 Å². The molecule has 8 nitrogen and oxygen atoms in total. The largest absolute Gasteiger partial charge is 0.496 e. The zero-order valence-corrected chi connectivity index (χ0v) is 29.4. The Bertz CT molecular complexity index is 2270. The number of benzene rings is 5. The van der Waals surface area contributed by atoms with E-state index < -0.39 is 34.7 Å². The molecule has 12 heteroatoms. The van der Waals surface area contributed by atoms with Crippen molar-refractivity contribution in [3.05, 3.63) is 174 Å². The first kappa shape index (κ1) is 37.2. The first-order chi connectivity index (χ1) is 26.1. The fraction of sp³-hybridized carbons (Fsp3) is 0.0714. The average molecular weight is 748 g/mol. The molecule has 3 N–H and O–H groups in total. The molecule has 0 bridgehead atoms. The van der Waals surface area contributed by atoms with Crippen LogP contribution < -0.4 is 20.7 Å². The second-order valence-electron chi connectivity index (χ2n) is 11.7. The number of halogens is 3. The molecule has 0 unspecified atom stereocenters. The van der Waals surface area contributed by atoms with E-state index in [1.54, 1.807) is 110 Å². The minimum atomic E-state index is -4.66. The van der Waals surface area contributed by atoms with Crippen LogP contribution in [0.4, 0.5) is 24.5 Å². The molecule has 0 aliphatic carbocycles. The van der Waals surface area contributed by atoms with Crippen molar-refractivity contribution < 1.29 is 36.7 Å². The molecule has 3 amide bonds. The van der Waals surface area contributed by atoms with E-state index in [4.69, 9.17) is 9.15 Å². The Labute approximate surface area is 313 Å². The summed E-state index contributed by atoms with van der Waals surface area (Å²) in [6, 6.07) is 39.2. The molecule has 0 radical (unpaired) electrons. The molecule has 6 aromatic rings. The van der Waals surface area contributed by atoms with Gasteiger partial charge in [-0.2, -0.15) is 13.2 Å². The van der Waals surface area contributed by atoms with E-state index in [1.165, 1.54) is 24.3 Å². The number of thioether (sulfide) groups is 1. The van der Waals surface area contributed by atoms with Gasteiger partial charge in [-0.05, 0) is 78.4 Å². The van der Waals surface area contributed by atoms with Crippen molar-refractivity contribution in [2.45, 2.75) is 16.3 Å². The summed E-state index contributed by atoms with van der Waals surface area (Å²) in [5, 5.41) is 7.01. The molecular weight excluding hydrogens is 716 g/mol. The van der Waals surface area contributed by atoms with E-state index in [9.17, 15) is 27.6 Å². The van der Waals surface area contributed by atoms with Gasteiger partial charge in [-0.3, -0.25) is 14.4 Å². The van der Waals surface area contributed by atoms with Crippen molar-refractivity contribution in [3.8, 4) is 17.1 Å². The van der Waals surface area contributed by atoms with Gasteiger partial charge in [-0.25, -0.2) is 0 Å². The number of methoxy groups -OCH3 is 1. The molecule has 272 valence electrons. The van der Waals surface area contributed by atoms with E-state index in [2.05, 4.69) is 16.0 Å².